The molecular formula is C43H60N8O7. The van der Waals surface area contributed by atoms with Gasteiger partial charge >= 0.3 is 12.2 Å². The highest BCUT2D eigenvalue weighted by Gasteiger charge is 2.20. The largest absolute Gasteiger partial charge is 0.461 e. The zero-order chi connectivity index (χ0) is 42.6. The highest BCUT2D eigenvalue weighted by atomic mass is 16.5. The maximum Gasteiger partial charge on any atom is 0.407 e. The first-order valence-electron chi connectivity index (χ1n) is 19.9. The molecule has 3 heterocycles. The van der Waals surface area contributed by atoms with Gasteiger partial charge in [-0.2, -0.15) is 0 Å². The minimum atomic E-state index is -0.662. The van der Waals surface area contributed by atoms with E-state index in [-0.39, 0.29) is 38.0 Å². The minimum Gasteiger partial charge on any atom is -0.461 e. The normalized spacial score (nSPS) is 10.4. The molecule has 0 aliphatic heterocycles. The summed E-state index contributed by atoms with van der Waals surface area (Å²) in [5, 5.41) is 5.79. The van der Waals surface area contributed by atoms with Crippen molar-refractivity contribution < 1.29 is 33.1 Å². The molecule has 0 atom stereocenters. The van der Waals surface area contributed by atoms with Crippen LogP contribution in [0.3, 0.4) is 0 Å². The number of furan rings is 1. The predicted molar refractivity (Wildman–Crippen MR) is 226 cm³/mol. The van der Waals surface area contributed by atoms with Gasteiger partial charge in [-0.15, -0.1) is 0 Å². The van der Waals surface area contributed by atoms with E-state index in [1.807, 2.05) is 63.2 Å². The standard InChI is InChI=1S/C37H44N8O7.2C3H8/c1-6-14-44(33(46)19-40-36(48)50-4)21-31-38-17-29(42-31)25-10-8-24(9-11-25)26-12-13-27(28-16-23(3)52-35(26)28)30-18-39-32(43-30)22-45(15-7-2)34(47)20-41-37(49)51-5;2*1-3-2/h8-13,16-18H,6-7,14-15,19-22H2,1-5H3,(H,38,42)(H,39,43)(H,40,48)(H,41,49);2*3H2,1-2H3. The molecule has 0 bridgehead atoms. The summed E-state index contributed by atoms with van der Waals surface area (Å²) in [5.41, 5.74) is 6.06. The average Bonchev–Trinajstić information content (AvgIpc) is 3.99. The van der Waals surface area contributed by atoms with Gasteiger partial charge < -0.3 is 44.3 Å². The number of methoxy groups -OCH3 is 2. The maximum absolute atomic E-state index is 12.8. The van der Waals surface area contributed by atoms with Gasteiger partial charge in [0.1, 0.15) is 36.1 Å². The van der Waals surface area contributed by atoms with E-state index < -0.39 is 12.2 Å². The molecule has 15 heteroatoms. The second-order valence-corrected chi connectivity index (χ2v) is 13.6. The third-order valence-electron chi connectivity index (χ3n) is 8.37. The number of aromatic amines is 2. The van der Waals surface area contributed by atoms with Crippen molar-refractivity contribution in [3.63, 3.8) is 0 Å². The Morgan fingerprint density at radius 3 is 1.60 bits per heavy atom. The fraction of sp³-hybridized carbons (Fsp3) is 0.442. The smallest absolute Gasteiger partial charge is 0.407 e. The number of ether oxygens (including phenoxy) is 2. The SMILES string of the molecule is CCC.CCC.CCCN(Cc1ncc(-c2ccc(-c3ccc(-c4cnc(CN(CCC)C(=O)CNC(=O)OC)[nH]4)c4cc(C)oc34)cc2)[nH]1)C(=O)CNC(=O)OC. The number of carbonyl (C=O) groups is 4. The number of H-pyrrole nitrogens is 2. The van der Waals surface area contributed by atoms with E-state index in [0.717, 1.165) is 63.2 Å². The Labute approximate surface area is 341 Å². The van der Waals surface area contributed by atoms with E-state index in [4.69, 9.17) is 4.42 Å². The van der Waals surface area contributed by atoms with Crippen molar-refractivity contribution in [1.29, 1.82) is 0 Å². The van der Waals surface area contributed by atoms with Crippen LogP contribution in [-0.2, 0) is 32.2 Å². The van der Waals surface area contributed by atoms with Gasteiger partial charge in [0.2, 0.25) is 11.8 Å². The number of imidazole rings is 2. The van der Waals surface area contributed by atoms with E-state index in [9.17, 15) is 19.2 Å². The van der Waals surface area contributed by atoms with Crippen molar-refractivity contribution in [2.45, 2.75) is 87.2 Å². The van der Waals surface area contributed by atoms with Crippen LogP contribution < -0.4 is 10.6 Å². The first-order valence-corrected chi connectivity index (χ1v) is 19.9. The first kappa shape index (κ1) is 46.3. The molecule has 0 aliphatic rings. The molecule has 4 N–H and O–H groups in total. The number of benzene rings is 2. The Balaban J connectivity index is 0.00000141. The molecule has 0 aliphatic carbocycles. The number of nitrogens with zero attached hydrogens (tertiary/aromatic N) is 4. The topological polar surface area (TPSA) is 188 Å². The Morgan fingerprint density at radius 1 is 0.672 bits per heavy atom. The number of hydrogen-bond acceptors (Lipinski definition) is 9. The number of fused-ring (bicyclic) bond motifs is 1. The number of nitrogens with one attached hydrogen (secondary N) is 4. The summed E-state index contributed by atoms with van der Waals surface area (Å²) in [6.45, 7) is 15.6. The Hall–Kier alpha value is -6.12. The van der Waals surface area contributed by atoms with Crippen LogP contribution >= 0.6 is 0 Å². The zero-order valence-electron chi connectivity index (χ0n) is 35.4. The van der Waals surface area contributed by atoms with Crippen LogP contribution in [0, 0.1) is 6.92 Å². The lowest BCUT2D eigenvalue weighted by Gasteiger charge is -2.21. The number of aromatic nitrogens is 4. The van der Waals surface area contributed by atoms with Crippen LogP contribution in [0.5, 0.6) is 0 Å². The molecule has 15 nitrogen and oxygen atoms in total. The summed E-state index contributed by atoms with van der Waals surface area (Å²) < 4.78 is 15.4. The molecule has 0 unspecified atom stereocenters. The van der Waals surface area contributed by atoms with Gasteiger partial charge in [0, 0.05) is 29.6 Å². The lowest BCUT2D eigenvalue weighted by atomic mass is 9.98. The Bertz CT molecular complexity index is 2050. The number of carbonyl (C=O) groups excluding carboxylic acids is 4. The highest BCUT2D eigenvalue weighted by Crippen LogP contribution is 2.37. The number of aryl methyl sites for hydroxylation is 1. The molecule has 4 amide bonds. The van der Waals surface area contributed by atoms with E-state index in [2.05, 4.69) is 67.7 Å². The molecule has 0 saturated heterocycles. The summed E-state index contributed by atoms with van der Waals surface area (Å²) in [4.78, 5) is 67.4. The van der Waals surface area contributed by atoms with E-state index in [1.165, 1.54) is 27.1 Å². The average molecular weight is 801 g/mol. The summed E-state index contributed by atoms with van der Waals surface area (Å²) in [7, 11) is 2.50. The van der Waals surface area contributed by atoms with Crippen LogP contribution in [0.25, 0.3) is 44.6 Å². The number of rotatable bonds is 15. The van der Waals surface area contributed by atoms with Gasteiger partial charge in [0.15, 0.2) is 0 Å². The molecule has 314 valence electrons. The third kappa shape index (κ3) is 13.2. The van der Waals surface area contributed by atoms with Gasteiger partial charge in [-0.3, -0.25) is 9.59 Å². The summed E-state index contributed by atoms with van der Waals surface area (Å²) >= 11 is 0. The van der Waals surface area contributed by atoms with Gasteiger partial charge in [0.05, 0.1) is 51.1 Å². The fourth-order valence-corrected chi connectivity index (χ4v) is 5.86. The number of hydrogen-bond donors (Lipinski definition) is 4. The molecule has 3 aromatic heterocycles. The van der Waals surface area contributed by atoms with Gasteiger partial charge in [-0.1, -0.05) is 84.7 Å². The lowest BCUT2D eigenvalue weighted by Crippen LogP contribution is -2.40. The van der Waals surface area contributed by atoms with Crippen molar-refractivity contribution in [1.82, 2.24) is 40.4 Å². The third-order valence-corrected chi connectivity index (χ3v) is 8.37. The second-order valence-electron chi connectivity index (χ2n) is 13.6. The summed E-state index contributed by atoms with van der Waals surface area (Å²) in [5.74, 6) is 1.54. The van der Waals surface area contributed by atoms with Crippen LogP contribution in [0.2, 0.25) is 0 Å². The molecule has 5 rings (SSSR count). The van der Waals surface area contributed by atoms with Crippen LogP contribution in [0.15, 0.2) is 59.3 Å². The second kappa shape index (κ2) is 23.8. The van der Waals surface area contributed by atoms with Gasteiger partial charge in [0.25, 0.3) is 0 Å². The van der Waals surface area contributed by atoms with Crippen LogP contribution in [-0.4, -0.2) is 94.1 Å². The zero-order valence-corrected chi connectivity index (χ0v) is 35.4. The van der Waals surface area contributed by atoms with Crippen molar-refractivity contribution in [2.75, 3.05) is 40.4 Å². The quantitative estimate of drug-likeness (QED) is 0.0809. The maximum atomic E-state index is 12.8. The Kier molecular flexibility index (Phi) is 19.0. The van der Waals surface area contributed by atoms with Crippen molar-refractivity contribution in [2.24, 2.45) is 0 Å². The van der Waals surface area contributed by atoms with E-state index >= 15 is 0 Å². The van der Waals surface area contributed by atoms with Crippen molar-refractivity contribution in [3.8, 4) is 33.6 Å². The van der Waals surface area contributed by atoms with Gasteiger partial charge in [-0.05, 0) is 43.0 Å². The molecule has 0 saturated carbocycles. The molecule has 0 radical (unpaired) electrons. The van der Waals surface area contributed by atoms with Crippen LogP contribution in [0.4, 0.5) is 9.59 Å². The van der Waals surface area contributed by atoms with Gasteiger partial charge in [-0.25, -0.2) is 19.6 Å². The van der Waals surface area contributed by atoms with Crippen molar-refractivity contribution in [3.05, 3.63) is 72.3 Å². The molecule has 5 aromatic rings. The minimum absolute atomic E-state index is 0.160. The molecule has 58 heavy (non-hydrogen) atoms. The predicted octanol–water partition coefficient (Wildman–Crippen LogP) is 8.21. The monoisotopic (exact) mass is 800 g/mol. The molecule has 0 spiro atoms. The molecule has 2 aromatic carbocycles. The Morgan fingerprint density at radius 2 is 1.12 bits per heavy atom. The first-order chi connectivity index (χ1) is 28.0. The summed E-state index contributed by atoms with van der Waals surface area (Å²) in [6.07, 6.45) is 6.17. The molecular weight excluding hydrogens is 741 g/mol. The molecule has 0 fully saturated rings. The lowest BCUT2D eigenvalue weighted by molar-refractivity contribution is -0.131. The van der Waals surface area contributed by atoms with Crippen LogP contribution in [0.1, 0.15) is 84.6 Å². The number of amides is 4. The van der Waals surface area contributed by atoms with E-state index in [0.29, 0.717) is 24.7 Å². The number of alkyl carbamates (subject to hydrolysis) is 2. The fourth-order valence-electron chi connectivity index (χ4n) is 5.86. The summed E-state index contributed by atoms with van der Waals surface area (Å²) in [6, 6.07) is 14.1. The van der Waals surface area contributed by atoms with Crippen molar-refractivity contribution >= 4 is 35.0 Å². The highest BCUT2D eigenvalue weighted by molar-refractivity contribution is 6.01. The van der Waals surface area contributed by atoms with E-state index in [1.54, 1.807) is 22.2 Å².